The van der Waals surface area contributed by atoms with Crippen LogP contribution in [0.25, 0.3) is 88.4 Å². The first-order chi connectivity index (χ1) is 31.8. The van der Waals surface area contributed by atoms with Crippen molar-refractivity contribution < 1.29 is 26.3 Å². The van der Waals surface area contributed by atoms with Gasteiger partial charge in [0.2, 0.25) is 0 Å². The fourth-order valence-corrected chi connectivity index (χ4v) is 9.03. The molecule has 0 bridgehead atoms. The van der Waals surface area contributed by atoms with Crippen LogP contribution in [0.3, 0.4) is 0 Å². The van der Waals surface area contributed by atoms with Crippen molar-refractivity contribution in [1.82, 2.24) is 9.13 Å². The third-order valence-electron chi connectivity index (χ3n) is 11.9. The summed E-state index contributed by atoms with van der Waals surface area (Å²) in [4.78, 5) is 0. The van der Waals surface area contributed by atoms with Crippen LogP contribution in [0.2, 0.25) is 0 Å². The van der Waals surface area contributed by atoms with Crippen molar-refractivity contribution in [3.05, 3.63) is 191 Å². The van der Waals surface area contributed by atoms with Crippen LogP contribution in [0.5, 0.6) is 0 Å². The average Bonchev–Trinajstić information content (AvgIpc) is 3.84. The summed E-state index contributed by atoms with van der Waals surface area (Å²) >= 11 is 0. The van der Waals surface area contributed by atoms with Crippen LogP contribution in [-0.2, 0) is 12.4 Å². The zero-order valence-electron chi connectivity index (χ0n) is 34.0. The summed E-state index contributed by atoms with van der Waals surface area (Å²) in [5.74, 6) is 0. The Morgan fingerprint density at radius 3 is 1.12 bits per heavy atom. The zero-order valence-corrected chi connectivity index (χ0v) is 34.0. The van der Waals surface area contributed by atoms with Crippen LogP contribution in [-0.4, -0.2) is 9.13 Å². The lowest BCUT2D eigenvalue weighted by Crippen LogP contribution is -2.12. The number of alkyl halides is 6. The maximum Gasteiger partial charge on any atom is 0.417 e. The molecule has 0 N–H and O–H groups in total. The maximum absolute atomic E-state index is 15.2. The molecule has 10 aromatic rings. The van der Waals surface area contributed by atoms with E-state index in [0.29, 0.717) is 55.1 Å². The molecule has 0 saturated carbocycles. The Labute approximate surface area is 371 Å². The first kappa shape index (κ1) is 40.9. The molecule has 0 atom stereocenters. The minimum atomic E-state index is -5.08. The van der Waals surface area contributed by atoms with Crippen LogP contribution >= 0.6 is 0 Å². The molecule has 0 aliphatic rings. The molecule has 0 spiro atoms. The maximum atomic E-state index is 15.2. The molecule has 0 radical (unpaired) electrons. The molecule has 2 heterocycles. The fraction of sp³-hybridized carbons (Fsp3) is 0.0370. The number of rotatable bonds is 5. The molecular formula is C54H26F6N6. The average molecular weight is 873 g/mol. The molecule has 0 aliphatic heterocycles. The number of hydrogen-bond acceptors (Lipinski definition) is 4. The van der Waals surface area contributed by atoms with Gasteiger partial charge in [0.1, 0.15) is 0 Å². The standard InChI is InChI=1S/C54H26F6N6/c55-53(56,57)47-19-13-37(65-49-7-3-1-5-41(49)43-17-11-33(23-51(43)65)39-15-9-31(27-61)21-35(39)29-63)25-45(47)46-26-38(14-20-48(46)54(58,59)60)66-50-8-4-2-6-42(50)44-18-12-34(24-52(44)66)40-16-10-32(28-62)22-36(40)30-64/h1-26H. The van der Waals surface area contributed by atoms with Gasteiger partial charge in [0.05, 0.1) is 79.7 Å². The molecule has 0 fully saturated rings. The van der Waals surface area contributed by atoms with Crippen molar-refractivity contribution in [2.45, 2.75) is 12.4 Å². The lowest BCUT2D eigenvalue weighted by Gasteiger charge is -2.21. The number of hydrogen-bond donors (Lipinski definition) is 0. The Kier molecular flexibility index (Phi) is 9.50. The third-order valence-corrected chi connectivity index (χ3v) is 11.9. The van der Waals surface area contributed by atoms with Crippen molar-refractivity contribution in [3.63, 3.8) is 0 Å². The Morgan fingerprint density at radius 1 is 0.348 bits per heavy atom. The number of aromatic nitrogens is 2. The smallest absolute Gasteiger partial charge is 0.309 e. The molecule has 8 aromatic carbocycles. The van der Waals surface area contributed by atoms with Crippen molar-refractivity contribution in [2.24, 2.45) is 0 Å². The van der Waals surface area contributed by atoms with Crippen molar-refractivity contribution in [2.75, 3.05) is 0 Å². The van der Waals surface area contributed by atoms with Gasteiger partial charge in [-0.05, 0) is 118 Å². The second-order valence-electron chi connectivity index (χ2n) is 15.6. The topological polar surface area (TPSA) is 105 Å². The van der Waals surface area contributed by atoms with E-state index in [1.807, 2.05) is 36.4 Å². The highest BCUT2D eigenvalue weighted by Gasteiger charge is 2.39. The fourth-order valence-electron chi connectivity index (χ4n) is 9.03. The minimum absolute atomic E-state index is 0.150. The summed E-state index contributed by atoms with van der Waals surface area (Å²) in [7, 11) is 0. The van der Waals surface area contributed by atoms with Crippen LogP contribution in [0.4, 0.5) is 26.3 Å². The van der Waals surface area contributed by atoms with Crippen LogP contribution in [0.1, 0.15) is 33.4 Å². The van der Waals surface area contributed by atoms with Gasteiger partial charge in [0, 0.05) is 32.9 Å². The molecule has 2 aromatic heterocycles. The lowest BCUT2D eigenvalue weighted by molar-refractivity contribution is -0.139. The normalized spacial score (nSPS) is 11.7. The third kappa shape index (κ3) is 6.65. The summed E-state index contributed by atoms with van der Waals surface area (Å²) in [6.07, 6.45) is -10.2. The predicted octanol–water partition coefficient (Wildman–Crippen LogP) is 14.4. The number of para-hydroxylation sites is 2. The van der Waals surface area contributed by atoms with Gasteiger partial charge >= 0.3 is 12.4 Å². The van der Waals surface area contributed by atoms with E-state index in [1.165, 1.54) is 24.3 Å². The number of halogens is 6. The quantitative estimate of drug-likeness (QED) is 0.161. The summed E-state index contributed by atoms with van der Waals surface area (Å²) in [6.45, 7) is 0. The van der Waals surface area contributed by atoms with Gasteiger partial charge in [-0.15, -0.1) is 0 Å². The Morgan fingerprint density at radius 2 is 0.742 bits per heavy atom. The number of benzene rings is 8. The van der Waals surface area contributed by atoms with E-state index in [4.69, 9.17) is 0 Å². The molecular weight excluding hydrogens is 847 g/mol. The van der Waals surface area contributed by atoms with Crippen LogP contribution in [0, 0.1) is 45.3 Å². The Hall–Kier alpha value is -9.10. The van der Waals surface area contributed by atoms with E-state index in [-0.39, 0.29) is 33.6 Å². The van der Waals surface area contributed by atoms with E-state index < -0.39 is 34.6 Å². The van der Waals surface area contributed by atoms with E-state index in [1.54, 1.807) is 94.1 Å². The molecule has 10 rings (SSSR count). The van der Waals surface area contributed by atoms with Gasteiger partial charge in [0.15, 0.2) is 0 Å². The van der Waals surface area contributed by atoms with Crippen LogP contribution in [0.15, 0.2) is 158 Å². The molecule has 314 valence electrons. The SMILES string of the molecule is N#Cc1ccc(-c2ccc3c4ccccc4n(-c4ccc(C(F)(F)F)c(-c5cc(-n6c7ccccc7c7ccc(-c8ccc(C#N)cc8C#N)cc76)ccc5C(F)(F)F)c4)c3c2)c(C#N)c1. The second kappa shape index (κ2) is 15.3. The van der Waals surface area contributed by atoms with Gasteiger partial charge in [-0.2, -0.15) is 47.4 Å². The molecule has 0 amide bonds. The van der Waals surface area contributed by atoms with Crippen molar-refractivity contribution in [3.8, 4) is 69.0 Å². The summed E-state index contributed by atoms with van der Waals surface area (Å²) in [5.41, 5.74) is 1.71. The molecule has 6 nitrogen and oxygen atoms in total. The van der Waals surface area contributed by atoms with E-state index >= 15 is 26.3 Å². The van der Waals surface area contributed by atoms with E-state index in [9.17, 15) is 21.0 Å². The van der Waals surface area contributed by atoms with Crippen molar-refractivity contribution in [1.29, 1.82) is 21.0 Å². The summed E-state index contributed by atoms with van der Waals surface area (Å²) in [6, 6.07) is 49.1. The van der Waals surface area contributed by atoms with E-state index in [2.05, 4.69) is 12.1 Å². The highest BCUT2D eigenvalue weighted by atomic mass is 19.4. The van der Waals surface area contributed by atoms with E-state index in [0.717, 1.165) is 35.0 Å². The van der Waals surface area contributed by atoms with Crippen molar-refractivity contribution >= 4 is 43.6 Å². The Balaban J connectivity index is 1.23. The molecule has 66 heavy (non-hydrogen) atoms. The lowest BCUT2D eigenvalue weighted by atomic mass is 9.93. The number of fused-ring (bicyclic) bond motifs is 6. The molecule has 12 heteroatoms. The van der Waals surface area contributed by atoms with Gasteiger partial charge in [-0.3, -0.25) is 0 Å². The van der Waals surface area contributed by atoms with Gasteiger partial charge < -0.3 is 9.13 Å². The Bertz CT molecular complexity index is 3610. The number of nitrogens with zero attached hydrogens (tertiary/aromatic N) is 6. The summed E-state index contributed by atoms with van der Waals surface area (Å²) in [5, 5.41) is 41.8. The molecule has 0 aliphatic carbocycles. The minimum Gasteiger partial charge on any atom is -0.309 e. The van der Waals surface area contributed by atoms with Gasteiger partial charge in [-0.1, -0.05) is 72.8 Å². The van der Waals surface area contributed by atoms with Gasteiger partial charge in [-0.25, -0.2) is 0 Å². The summed E-state index contributed by atoms with van der Waals surface area (Å²) < 4.78 is 94.8. The first-order valence-corrected chi connectivity index (χ1v) is 20.2. The molecule has 0 unspecified atom stereocenters. The highest BCUT2D eigenvalue weighted by molar-refractivity contribution is 6.11. The highest BCUT2D eigenvalue weighted by Crippen LogP contribution is 2.46. The second-order valence-corrected chi connectivity index (χ2v) is 15.6. The first-order valence-electron chi connectivity index (χ1n) is 20.2. The largest absolute Gasteiger partial charge is 0.417 e. The van der Waals surface area contributed by atoms with Gasteiger partial charge in [0.25, 0.3) is 0 Å². The predicted molar refractivity (Wildman–Crippen MR) is 240 cm³/mol. The monoisotopic (exact) mass is 872 g/mol. The number of nitriles is 4. The van der Waals surface area contributed by atoms with Crippen LogP contribution < -0.4 is 0 Å². The zero-order chi connectivity index (χ0) is 46.1. The molecule has 0 saturated heterocycles.